The fourth-order valence-electron chi connectivity index (χ4n) is 2.52. The van der Waals surface area contributed by atoms with Crippen LogP contribution in [0.4, 0.5) is 11.5 Å². The van der Waals surface area contributed by atoms with Gasteiger partial charge in [0.25, 0.3) is 11.5 Å². The highest BCUT2D eigenvalue weighted by molar-refractivity contribution is 6.05. The average Bonchev–Trinajstić information content (AvgIpc) is 2.66. The third-order valence-corrected chi connectivity index (χ3v) is 3.98. The van der Waals surface area contributed by atoms with E-state index < -0.39 is 22.9 Å². The number of benzene rings is 2. The van der Waals surface area contributed by atoms with Gasteiger partial charge < -0.3 is 21.3 Å². The molecule has 0 saturated carbocycles. The Morgan fingerprint density at radius 2 is 1.70 bits per heavy atom. The number of aromatic hydroxyl groups is 2. The minimum absolute atomic E-state index is 0.00999. The van der Waals surface area contributed by atoms with Crippen molar-refractivity contribution < 1.29 is 15.0 Å². The van der Waals surface area contributed by atoms with Crippen molar-refractivity contribution in [2.75, 3.05) is 11.1 Å². The molecule has 0 saturated heterocycles. The molecule has 3 rings (SSSR count). The maximum absolute atomic E-state index is 12.5. The summed E-state index contributed by atoms with van der Waals surface area (Å²) in [5.74, 6) is -1.85. The molecule has 1 heterocycles. The summed E-state index contributed by atoms with van der Waals surface area (Å²) in [4.78, 5) is 37.4. The molecular weight excluding hydrogens is 352 g/mol. The van der Waals surface area contributed by atoms with Crippen LogP contribution in [0.15, 0.2) is 58.1 Å². The second-order valence-corrected chi connectivity index (χ2v) is 5.74. The van der Waals surface area contributed by atoms with Gasteiger partial charge in [-0.05, 0) is 30.3 Å². The van der Waals surface area contributed by atoms with E-state index in [1.165, 1.54) is 13.1 Å². The number of nitrogens with two attached hydrogens (primary N) is 1. The van der Waals surface area contributed by atoms with Gasteiger partial charge in [-0.3, -0.25) is 14.2 Å². The van der Waals surface area contributed by atoms with E-state index in [9.17, 15) is 24.6 Å². The molecule has 9 nitrogen and oxygen atoms in total. The lowest BCUT2D eigenvalue weighted by molar-refractivity contribution is 0.102. The summed E-state index contributed by atoms with van der Waals surface area (Å²) >= 11 is 0. The minimum Gasteiger partial charge on any atom is -0.504 e. The standard InChI is InChI=1S/C18H16N4O5/c1-21-17(26)14(20-16(25)10-7-8-12(23)13(24)9-10)15(19)22(18(21)27)11-5-3-2-4-6-11/h2-9,23-24H,19H2,1H3,(H,20,25). The predicted molar refractivity (Wildman–Crippen MR) is 99.4 cm³/mol. The molecule has 3 aromatic rings. The summed E-state index contributed by atoms with van der Waals surface area (Å²) in [5.41, 5.74) is 4.71. The Hall–Kier alpha value is -4.01. The van der Waals surface area contributed by atoms with Gasteiger partial charge in [0, 0.05) is 12.6 Å². The van der Waals surface area contributed by atoms with Crippen molar-refractivity contribution in [1.82, 2.24) is 9.13 Å². The van der Waals surface area contributed by atoms with Gasteiger partial charge in [-0.15, -0.1) is 0 Å². The summed E-state index contributed by atoms with van der Waals surface area (Å²) in [6.45, 7) is 0. The zero-order chi connectivity index (χ0) is 19.7. The summed E-state index contributed by atoms with van der Waals surface area (Å²) in [6.07, 6.45) is 0. The molecule has 138 valence electrons. The summed E-state index contributed by atoms with van der Waals surface area (Å²) in [7, 11) is 1.27. The fraction of sp³-hybridized carbons (Fsp3) is 0.0556. The molecular formula is C18H16N4O5. The van der Waals surface area contributed by atoms with E-state index in [4.69, 9.17) is 5.73 Å². The van der Waals surface area contributed by atoms with Crippen molar-refractivity contribution in [3.63, 3.8) is 0 Å². The number of nitrogen functional groups attached to an aromatic ring is 1. The number of hydrogen-bond acceptors (Lipinski definition) is 6. The molecule has 0 radical (unpaired) electrons. The first-order valence-electron chi connectivity index (χ1n) is 7.81. The van der Waals surface area contributed by atoms with Crippen LogP contribution < -0.4 is 22.3 Å². The van der Waals surface area contributed by atoms with Crippen LogP contribution in [0, 0.1) is 0 Å². The number of para-hydroxylation sites is 1. The molecule has 2 aromatic carbocycles. The van der Waals surface area contributed by atoms with Crippen LogP contribution in [0.3, 0.4) is 0 Å². The topological polar surface area (TPSA) is 140 Å². The number of phenolic OH excluding ortho intramolecular Hbond substituents is 2. The Balaban J connectivity index is 2.12. The molecule has 0 aliphatic carbocycles. The van der Waals surface area contributed by atoms with E-state index in [2.05, 4.69) is 5.32 Å². The number of carbonyl (C=O) groups excluding carboxylic acids is 1. The van der Waals surface area contributed by atoms with Crippen LogP contribution in [0.25, 0.3) is 5.69 Å². The van der Waals surface area contributed by atoms with E-state index in [0.717, 1.165) is 21.3 Å². The van der Waals surface area contributed by atoms with E-state index >= 15 is 0 Å². The lowest BCUT2D eigenvalue weighted by Gasteiger charge is -2.15. The number of rotatable bonds is 3. The van der Waals surface area contributed by atoms with Crippen molar-refractivity contribution in [2.45, 2.75) is 0 Å². The Bertz CT molecular complexity index is 1150. The predicted octanol–water partition coefficient (Wildman–Crippen LogP) is 0.782. The molecule has 0 bridgehead atoms. The van der Waals surface area contributed by atoms with E-state index in [0.29, 0.717) is 5.69 Å². The molecule has 27 heavy (non-hydrogen) atoms. The summed E-state index contributed by atoms with van der Waals surface area (Å²) < 4.78 is 1.93. The van der Waals surface area contributed by atoms with Crippen LogP contribution in [0.2, 0.25) is 0 Å². The van der Waals surface area contributed by atoms with Gasteiger partial charge in [-0.25, -0.2) is 9.36 Å². The lowest BCUT2D eigenvalue weighted by atomic mass is 10.2. The fourth-order valence-corrected chi connectivity index (χ4v) is 2.52. The average molecular weight is 368 g/mol. The van der Waals surface area contributed by atoms with Gasteiger partial charge in [-0.2, -0.15) is 0 Å². The normalized spacial score (nSPS) is 10.6. The monoisotopic (exact) mass is 368 g/mol. The van der Waals surface area contributed by atoms with Crippen molar-refractivity contribution >= 4 is 17.4 Å². The number of phenols is 2. The number of nitrogens with zero attached hydrogens (tertiary/aromatic N) is 2. The van der Waals surface area contributed by atoms with Gasteiger partial charge in [-0.1, -0.05) is 18.2 Å². The quantitative estimate of drug-likeness (QED) is 0.504. The van der Waals surface area contributed by atoms with Crippen molar-refractivity contribution in [1.29, 1.82) is 0 Å². The van der Waals surface area contributed by atoms with Crippen molar-refractivity contribution in [3.8, 4) is 17.2 Å². The first-order chi connectivity index (χ1) is 12.8. The second-order valence-electron chi connectivity index (χ2n) is 5.74. The Morgan fingerprint density at radius 1 is 1.04 bits per heavy atom. The number of aromatic nitrogens is 2. The summed E-state index contributed by atoms with van der Waals surface area (Å²) in [5, 5.41) is 21.2. The van der Waals surface area contributed by atoms with E-state index in [-0.39, 0.29) is 22.8 Å². The zero-order valence-electron chi connectivity index (χ0n) is 14.2. The smallest absolute Gasteiger partial charge is 0.337 e. The number of hydrogen-bond donors (Lipinski definition) is 4. The Labute approximate surface area is 152 Å². The first-order valence-corrected chi connectivity index (χ1v) is 7.81. The van der Waals surface area contributed by atoms with Gasteiger partial charge in [0.05, 0.1) is 5.69 Å². The highest BCUT2D eigenvalue weighted by Crippen LogP contribution is 2.25. The molecule has 0 aliphatic rings. The van der Waals surface area contributed by atoms with Crippen molar-refractivity contribution in [3.05, 3.63) is 74.9 Å². The van der Waals surface area contributed by atoms with Crippen LogP contribution in [0.5, 0.6) is 11.5 Å². The van der Waals surface area contributed by atoms with Gasteiger partial charge in [0.15, 0.2) is 11.5 Å². The number of nitrogens with one attached hydrogen (secondary N) is 1. The summed E-state index contributed by atoms with van der Waals surface area (Å²) in [6, 6.07) is 11.9. The zero-order valence-corrected chi connectivity index (χ0v) is 14.2. The maximum atomic E-state index is 12.5. The highest BCUT2D eigenvalue weighted by Gasteiger charge is 2.19. The SMILES string of the molecule is Cn1c(=O)c(NC(=O)c2ccc(O)c(O)c2)c(N)n(-c2ccccc2)c1=O. The molecule has 0 atom stereocenters. The molecule has 0 fully saturated rings. The van der Waals surface area contributed by atoms with Crippen molar-refractivity contribution in [2.24, 2.45) is 7.05 Å². The first kappa shape index (κ1) is 17.8. The Kier molecular flexibility index (Phi) is 4.43. The Morgan fingerprint density at radius 3 is 2.33 bits per heavy atom. The number of amides is 1. The number of anilines is 2. The van der Waals surface area contributed by atoms with Gasteiger partial charge >= 0.3 is 5.69 Å². The second kappa shape index (κ2) is 6.71. The molecule has 1 aromatic heterocycles. The van der Waals surface area contributed by atoms with Crippen LogP contribution >= 0.6 is 0 Å². The molecule has 0 unspecified atom stereocenters. The van der Waals surface area contributed by atoms with Crippen LogP contribution in [-0.2, 0) is 7.05 Å². The lowest BCUT2D eigenvalue weighted by Crippen LogP contribution is -2.40. The molecule has 1 amide bonds. The van der Waals surface area contributed by atoms with Crippen LogP contribution in [-0.4, -0.2) is 25.3 Å². The maximum Gasteiger partial charge on any atom is 0.337 e. The molecule has 5 N–H and O–H groups in total. The van der Waals surface area contributed by atoms with Gasteiger partial charge in [0.1, 0.15) is 11.5 Å². The number of carbonyl (C=O) groups is 1. The molecule has 9 heteroatoms. The van der Waals surface area contributed by atoms with E-state index in [1.54, 1.807) is 30.3 Å². The third kappa shape index (κ3) is 3.13. The van der Waals surface area contributed by atoms with E-state index in [1.807, 2.05) is 0 Å². The molecule has 0 spiro atoms. The van der Waals surface area contributed by atoms with Gasteiger partial charge in [0.2, 0.25) is 0 Å². The largest absolute Gasteiger partial charge is 0.504 e. The highest BCUT2D eigenvalue weighted by atomic mass is 16.3. The molecule has 0 aliphatic heterocycles. The van der Waals surface area contributed by atoms with Crippen LogP contribution in [0.1, 0.15) is 10.4 Å². The third-order valence-electron chi connectivity index (χ3n) is 3.98. The minimum atomic E-state index is -0.777.